The van der Waals surface area contributed by atoms with Crippen LogP contribution in [0.4, 0.5) is 0 Å². The summed E-state index contributed by atoms with van der Waals surface area (Å²) >= 11 is 1.63. The number of thiophene rings is 1. The van der Waals surface area contributed by atoms with E-state index in [1.165, 1.54) is 11.6 Å². The third-order valence-electron chi connectivity index (χ3n) is 2.86. The van der Waals surface area contributed by atoms with Crippen LogP contribution >= 0.6 is 11.3 Å². The number of hydrogen-bond donors (Lipinski definition) is 2. The number of hydrogen-bond acceptors (Lipinski definition) is 3. The van der Waals surface area contributed by atoms with E-state index in [1.54, 1.807) is 23.5 Å². The third kappa shape index (κ3) is 2.71. The molecule has 0 unspecified atom stereocenters. The first-order valence-electron chi connectivity index (χ1n) is 5.67. The number of nitrogens with one attached hydrogen (secondary N) is 1. The minimum Gasteiger partial charge on any atom is -0.508 e. The van der Waals surface area contributed by atoms with Crippen molar-refractivity contribution in [2.45, 2.75) is 20.4 Å². The van der Waals surface area contributed by atoms with Crippen molar-refractivity contribution in [1.82, 2.24) is 5.32 Å². The Kier molecular flexibility index (Phi) is 3.67. The van der Waals surface area contributed by atoms with Crippen molar-refractivity contribution in [3.63, 3.8) is 0 Å². The van der Waals surface area contributed by atoms with Gasteiger partial charge in [0.25, 0.3) is 5.91 Å². The van der Waals surface area contributed by atoms with Gasteiger partial charge in [0.05, 0.1) is 0 Å². The summed E-state index contributed by atoms with van der Waals surface area (Å²) in [6, 6.07) is 4.75. The number of carbonyl (C=O) groups is 1. The fraction of sp³-hybridized carbons (Fsp3) is 0.214. The molecule has 0 atom stereocenters. The predicted octanol–water partition coefficient (Wildman–Crippen LogP) is 3.00. The quantitative estimate of drug-likeness (QED) is 0.892. The van der Waals surface area contributed by atoms with Crippen molar-refractivity contribution in [2.75, 3.05) is 0 Å². The van der Waals surface area contributed by atoms with Gasteiger partial charge in [-0.2, -0.15) is 11.3 Å². The number of aryl methyl sites for hydroxylation is 2. The topological polar surface area (TPSA) is 49.3 Å². The van der Waals surface area contributed by atoms with Crippen LogP contribution in [0.25, 0.3) is 0 Å². The summed E-state index contributed by atoms with van der Waals surface area (Å²) in [4.78, 5) is 12.0. The molecule has 1 aromatic heterocycles. The zero-order chi connectivity index (χ0) is 13.1. The van der Waals surface area contributed by atoms with Crippen LogP contribution in [0, 0.1) is 13.8 Å². The van der Waals surface area contributed by atoms with E-state index < -0.39 is 0 Å². The molecule has 4 heteroatoms. The Labute approximate surface area is 110 Å². The molecule has 1 heterocycles. The van der Waals surface area contributed by atoms with Gasteiger partial charge in [0.2, 0.25) is 0 Å². The van der Waals surface area contributed by atoms with Gasteiger partial charge in [-0.3, -0.25) is 4.79 Å². The lowest BCUT2D eigenvalue weighted by Gasteiger charge is -2.08. The fourth-order valence-corrected chi connectivity index (χ4v) is 2.60. The Morgan fingerprint density at radius 3 is 2.67 bits per heavy atom. The van der Waals surface area contributed by atoms with Gasteiger partial charge in [-0.25, -0.2) is 0 Å². The first kappa shape index (κ1) is 12.6. The summed E-state index contributed by atoms with van der Waals surface area (Å²) in [6.45, 7) is 4.38. The number of benzene rings is 1. The number of amides is 1. The number of phenolic OH excluding ortho intramolecular Hbond substituents is 1. The van der Waals surface area contributed by atoms with Crippen LogP contribution in [0.5, 0.6) is 5.75 Å². The molecule has 0 spiro atoms. The van der Waals surface area contributed by atoms with E-state index in [0.29, 0.717) is 12.1 Å². The van der Waals surface area contributed by atoms with E-state index in [-0.39, 0.29) is 11.7 Å². The van der Waals surface area contributed by atoms with Crippen LogP contribution in [-0.4, -0.2) is 11.0 Å². The van der Waals surface area contributed by atoms with E-state index in [0.717, 1.165) is 11.1 Å². The summed E-state index contributed by atoms with van der Waals surface area (Å²) in [5.41, 5.74) is 3.71. The Bertz CT molecular complexity index is 575. The largest absolute Gasteiger partial charge is 0.508 e. The molecule has 0 fully saturated rings. The smallest absolute Gasteiger partial charge is 0.251 e. The highest BCUT2D eigenvalue weighted by atomic mass is 32.1. The zero-order valence-corrected chi connectivity index (χ0v) is 11.2. The molecule has 0 saturated heterocycles. The van der Waals surface area contributed by atoms with Crippen molar-refractivity contribution in [3.05, 3.63) is 51.2 Å². The summed E-state index contributed by atoms with van der Waals surface area (Å²) in [7, 11) is 0. The molecule has 1 aromatic carbocycles. The second-order valence-corrected chi connectivity index (χ2v) is 5.01. The van der Waals surface area contributed by atoms with Crippen LogP contribution in [0.15, 0.2) is 29.0 Å². The lowest BCUT2D eigenvalue weighted by molar-refractivity contribution is 0.0950. The van der Waals surface area contributed by atoms with Gasteiger partial charge >= 0.3 is 0 Å². The molecule has 2 rings (SSSR count). The Balaban J connectivity index is 2.06. The number of rotatable bonds is 3. The van der Waals surface area contributed by atoms with Gasteiger partial charge < -0.3 is 10.4 Å². The SMILES string of the molecule is Cc1cscc1CNC(=O)c1ccc(O)cc1C. The number of aromatic hydroxyl groups is 1. The van der Waals surface area contributed by atoms with Crippen molar-refractivity contribution in [1.29, 1.82) is 0 Å². The first-order valence-corrected chi connectivity index (χ1v) is 6.61. The van der Waals surface area contributed by atoms with E-state index in [2.05, 4.69) is 10.7 Å². The summed E-state index contributed by atoms with van der Waals surface area (Å²) in [5.74, 6) is 0.0656. The summed E-state index contributed by atoms with van der Waals surface area (Å²) < 4.78 is 0. The van der Waals surface area contributed by atoms with Crippen LogP contribution in [0.1, 0.15) is 27.0 Å². The van der Waals surface area contributed by atoms with Gasteiger partial charge in [-0.05, 0) is 59.5 Å². The van der Waals surface area contributed by atoms with Gasteiger partial charge in [-0.15, -0.1) is 0 Å². The molecular weight excluding hydrogens is 246 g/mol. The molecular formula is C14H15NO2S. The van der Waals surface area contributed by atoms with Crippen LogP contribution in [-0.2, 0) is 6.54 Å². The van der Waals surface area contributed by atoms with E-state index in [4.69, 9.17) is 0 Å². The van der Waals surface area contributed by atoms with Crippen molar-refractivity contribution < 1.29 is 9.90 Å². The van der Waals surface area contributed by atoms with Crippen LogP contribution in [0.2, 0.25) is 0 Å². The lowest BCUT2D eigenvalue weighted by Crippen LogP contribution is -2.23. The summed E-state index contributed by atoms with van der Waals surface area (Å²) in [5, 5.41) is 16.3. The summed E-state index contributed by atoms with van der Waals surface area (Å²) in [6.07, 6.45) is 0. The van der Waals surface area contributed by atoms with Gasteiger partial charge in [0.1, 0.15) is 5.75 Å². The van der Waals surface area contributed by atoms with Crippen LogP contribution < -0.4 is 5.32 Å². The van der Waals surface area contributed by atoms with E-state index in [1.807, 2.05) is 19.2 Å². The van der Waals surface area contributed by atoms with Gasteiger partial charge in [0, 0.05) is 12.1 Å². The Morgan fingerprint density at radius 2 is 2.06 bits per heavy atom. The zero-order valence-electron chi connectivity index (χ0n) is 10.4. The normalized spacial score (nSPS) is 10.3. The monoisotopic (exact) mass is 261 g/mol. The molecule has 0 saturated carbocycles. The highest BCUT2D eigenvalue weighted by Gasteiger charge is 2.09. The minimum absolute atomic E-state index is 0.113. The van der Waals surface area contributed by atoms with Gasteiger partial charge in [-0.1, -0.05) is 0 Å². The fourth-order valence-electron chi connectivity index (χ4n) is 1.74. The maximum absolute atomic E-state index is 12.0. The Morgan fingerprint density at radius 1 is 1.28 bits per heavy atom. The second-order valence-electron chi connectivity index (χ2n) is 4.26. The Hall–Kier alpha value is -1.81. The average Bonchev–Trinajstić information content (AvgIpc) is 2.72. The van der Waals surface area contributed by atoms with Gasteiger partial charge in [0.15, 0.2) is 0 Å². The molecule has 2 aromatic rings. The second kappa shape index (κ2) is 5.23. The molecule has 0 aliphatic carbocycles. The molecule has 0 radical (unpaired) electrons. The van der Waals surface area contributed by atoms with E-state index >= 15 is 0 Å². The molecule has 2 N–H and O–H groups in total. The first-order chi connectivity index (χ1) is 8.58. The predicted molar refractivity (Wildman–Crippen MR) is 73.1 cm³/mol. The van der Waals surface area contributed by atoms with E-state index in [9.17, 15) is 9.90 Å². The molecule has 18 heavy (non-hydrogen) atoms. The van der Waals surface area contributed by atoms with Crippen molar-refractivity contribution in [3.8, 4) is 5.75 Å². The standard InChI is InChI=1S/C14H15NO2S/c1-9-5-12(16)3-4-13(9)14(17)15-6-11-8-18-7-10(11)2/h3-5,7-8,16H,6H2,1-2H3,(H,15,17). The highest BCUT2D eigenvalue weighted by Crippen LogP contribution is 2.16. The average molecular weight is 261 g/mol. The third-order valence-corrected chi connectivity index (χ3v) is 3.77. The minimum atomic E-state index is -0.113. The molecule has 3 nitrogen and oxygen atoms in total. The van der Waals surface area contributed by atoms with Crippen molar-refractivity contribution in [2.24, 2.45) is 0 Å². The number of carbonyl (C=O) groups excluding carboxylic acids is 1. The maximum Gasteiger partial charge on any atom is 0.251 e. The molecule has 0 bridgehead atoms. The maximum atomic E-state index is 12.0. The molecule has 94 valence electrons. The lowest BCUT2D eigenvalue weighted by atomic mass is 10.1. The highest BCUT2D eigenvalue weighted by molar-refractivity contribution is 7.08. The molecule has 0 aliphatic rings. The molecule has 1 amide bonds. The molecule has 0 aliphatic heterocycles. The van der Waals surface area contributed by atoms with Crippen molar-refractivity contribution >= 4 is 17.2 Å². The van der Waals surface area contributed by atoms with Crippen LogP contribution in [0.3, 0.4) is 0 Å². The number of phenols is 1.